The van der Waals surface area contributed by atoms with Crippen LogP contribution in [-0.4, -0.2) is 4.98 Å². The molecule has 2 aromatic carbocycles. The molecule has 6 nitrogen and oxygen atoms in total. The van der Waals surface area contributed by atoms with Crippen LogP contribution >= 0.6 is 0 Å². The van der Waals surface area contributed by atoms with E-state index in [1.165, 1.54) is 12.1 Å². The lowest BCUT2D eigenvalue weighted by Gasteiger charge is -2.11. The van der Waals surface area contributed by atoms with Gasteiger partial charge in [-0.1, -0.05) is 24.3 Å². The van der Waals surface area contributed by atoms with Crippen LogP contribution in [-0.2, 0) is 6.61 Å². The van der Waals surface area contributed by atoms with Gasteiger partial charge < -0.3 is 15.5 Å². The second-order valence-corrected chi connectivity index (χ2v) is 5.76. The van der Waals surface area contributed by atoms with Crippen LogP contribution in [0.3, 0.4) is 0 Å². The number of aromatic amines is 1. The lowest BCUT2D eigenvalue weighted by atomic mass is 9.95. The molecule has 0 radical (unpaired) electrons. The average Bonchev–Trinajstić information content (AvgIpc) is 2.69. The molecule has 138 valence electrons. The van der Waals surface area contributed by atoms with E-state index in [2.05, 4.69) is 4.98 Å². The van der Waals surface area contributed by atoms with E-state index in [4.69, 9.17) is 10.5 Å². The van der Waals surface area contributed by atoms with Crippen molar-refractivity contribution < 1.29 is 13.5 Å². The number of nitrogens with one attached hydrogen (secondary N) is 1. The first-order chi connectivity index (χ1) is 13.5. The van der Waals surface area contributed by atoms with Crippen LogP contribution in [0.1, 0.15) is 16.7 Å². The first kappa shape index (κ1) is 18.6. The molecule has 0 spiro atoms. The number of benzene rings is 2. The molecule has 1 heterocycles. The Bertz CT molecular complexity index is 1210. The molecule has 8 heteroatoms. The number of anilines is 1. The number of nitrogens with zero attached hydrogens (tertiary/aromatic N) is 2. The van der Waals surface area contributed by atoms with Gasteiger partial charge >= 0.3 is 0 Å². The Labute approximate surface area is 158 Å². The summed E-state index contributed by atoms with van der Waals surface area (Å²) >= 11 is 0. The fourth-order valence-corrected chi connectivity index (χ4v) is 2.71. The van der Waals surface area contributed by atoms with Crippen LogP contribution < -0.4 is 16.0 Å². The summed E-state index contributed by atoms with van der Waals surface area (Å²) in [5.74, 6) is -2.52. The van der Waals surface area contributed by atoms with Crippen LogP contribution in [0.4, 0.5) is 14.6 Å². The fourth-order valence-electron chi connectivity index (χ4n) is 2.71. The number of rotatable bonds is 4. The van der Waals surface area contributed by atoms with E-state index in [9.17, 15) is 24.1 Å². The molecular weight excluding hydrogens is 366 g/mol. The second kappa shape index (κ2) is 7.60. The van der Waals surface area contributed by atoms with Gasteiger partial charge in [0.1, 0.15) is 35.7 Å². The van der Waals surface area contributed by atoms with Gasteiger partial charge in [0, 0.05) is 5.56 Å². The number of aromatic nitrogens is 1. The molecule has 0 bridgehead atoms. The van der Waals surface area contributed by atoms with E-state index in [0.29, 0.717) is 11.1 Å². The van der Waals surface area contributed by atoms with Gasteiger partial charge in [0.05, 0.1) is 0 Å². The van der Waals surface area contributed by atoms with E-state index < -0.39 is 17.2 Å². The number of nitrogens with two attached hydrogens (primary N) is 1. The van der Waals surface area contributed by atoms with Crippen LogP contribution in [0.2, 0.25) is 0 Å². The molecule has 0 atom stereocenters. The van der Waals surface area contributed by atoms with Gasteiger partial charge in [-0.05, 0) is 29.3 Å². The van der Waals surface area contributed by atoms with Crippen molar-refractivity contribution in [2.45, 2.75) is 6.61 Å². The van der Waals surface area contributed by atoms with Gasteiger partial charge in [-0.15, -0.1) is 0 Å². The highest BCUT2D eigenvalue weighted by Gasteiger charge is 2.18. The molecule has 0 fully saturated rings. The molecular formula is C20H12F2N4O2. The van der Waals surface area contributed by atoms with E-state index >= 15 is 0 Å². The van der Waals surface area contributed by atoms with E-state index in [-0.39, 0.29) is 34.9 Å². The van der Waals surface area contributed by atoms with Crippen LogP contribution in [0.25, 0.3) is 11.1 Å². The molecule has 28 heavy (non-hydrogen) atoms. The minimum absolute atomic E-state index is 0.0367. The first-order valence-corrected chi connectivity index (χ1v) is 7.98. The number of H-pyrrole nitrogens is 1. The summed E-state index contributed by atoms with van der Waals surface area (Å²) < 4.78 is 32.3. The third-order valence-corrected chi connectivity index (χ3v) is 3.99. The van der Waals surface area contributed by atoms with Crippen LogP contribution in [0.5, 0.6) is 5.75 Å². The summed E-state index contributed by atoms with van der Waals surface area (Å²) in [4.78, 5) is 14.3. The van der Waals surface area contributed by atoms with Gasteiger partial charge in [-0.2, -0.15) is 14.9 Å². The molecule has 3 rings (SSSR count). The third kappa shape index (κ3) is 3.39. The zero-order valence-electron chi connectivity index (χ0n) is 14.3. The molecule has 0 saturated heterocycles. The van der Waals surface area contributed by atoms with E-state index in [1.54, 1.807) is 30.3 Å². The van der Waals surface area contributed by atoms with Crippen molar-refractivity contribution >= 4 is 5.82 Å². The highest BCUT2D eigenvalue weighted by atomic mass is 19.2. The normalized spacial score (nSPS) is 10.1. The maximum Gasteiger partial charge on any atom is 0.268 e. The lowest BCUT2D eigenvalue weighted by Crippen LogP contribution is -2.16. The zero-order valence-corrected chi connectivity index (χ0v) is 14.3. The molecule has 3 N–H and O–H groups in total. The predicted octanol–water partition coefficient (Wildman–Crippen LogP) is 3.22. The number of pyridine rings is 1. The zero-order chi connectivity index (χ0) is 20.3. The van der Waals surface area contributed by atoms with Gasteiger partial charge in [0.15, 0.2) is 11.6 Å². The lowest BCUT2D eigenvalue weighted by molar-refractivity contribution is 0.284. The average molecular weight is 378 g/mol. The minimum Gasteiger partial charge on any atom is -0.486 e. The molecule has 3 aromatic rings. The monoisotopic (exact) mass is 378 g/mol. The summed E-state index contributed by atoms with van der Waals surface area (Å²) in [6.45, 7) is -0.101. The Morgan fingerprint density at radius 3 is 2.50 bits per heavy atom. The summed E-state index contributed by atoms with van der Waals surface area (Å²) in [5.41, 5.74) is 5.76. The van der Waals surface area contributed by atoms with Crippen molar-refractivity contribution in [3.05, 3.63) is 81.1 Å². The number of halogens is 2. The quantitative estimate of drug-likeness (QED) is 0.723. The number of hydrogen-bond donors (Lipinski definition) is 2. The Balaban J connectivity index is 2.01. The molecule has 0 aliphatic heterocycles. The minimum atomic E-state index is -1.10. The van der Waals surface area contributed by atoms with Crippen LogP contribution in [0, 0.1) is 34.3 Å². The summed E-state index contributed by atoms with van der Waals surface area (Å²) in [7, 11) is 0. The van der Waals surface area contributed by atoms with Crippen molar-refractivity contribution in [3.8, 4) is 29.0 Å². The SMILES string of the molecule is N#Cc1c(N)[nH]c(=O)c(C#N)c1-c1cccc(COc2cccc(F)c2F)c1. The standard InChI is InChI=1S/C20H12F2N4O2/c21-15-5-2-6-16(18(15)22)28-10-11-3-1-4-12(7-11)17-13(8-23)19(25)26-20(27)14(17)9-24/h1-7H,10H2,(H3,25,26,27). The van der Waals surface area contributed by atoms with Gasteiger partial charge in [0.2, 0.25) is 5.82 Å². The highest BCUT2D eigenvalue weighted by molar-refractivity contribution is 5.80. The van der Waals surface area contributed by atoms with Crippen molar-refractivity contribution in [2.24, 2.45) is 0 Å². The molecule has 1 aromatic heterocycles. The Morgan fingerprint density at radius 1 is 1.07 bits per heavy atom. The van der Waals surface area contributed by atoms with Crippen molar-refractivity contribution in [1.82, 2.24) is 4.98 Å². The molecule has 0 amide bonds. The van der Waals surface area contributed by atoms with Crippen molar-refractivity contribution in [1.29, 1.82) is 10.5 Å². The van der Waals surface area contributed by atoms with Crippen molar-refractivity contribution in [2.75, 3.05) is 5.73 Å². The molecule has 0 saturated carbocycles. The molecule has 0 aliphatic carbocycles. The Morgan fingerprint density at radius 2 is 1.79 bits per heavy atom. The maximum atomic E-state index is 13.7. The van der Waals surface area contributed by atoms with Crippen molar-refractivity contribution in [3.63, 3.8) is 0 Å². The predicted molar refractivity (Wildman–Crippen MR) is 97.0 cm³/mol. The largest absolute Gasteiger partial charge is 0.486 e. The smallest absolute Gasteiger partial charge is 0.268 e. The molecule has 0 aliphatic rings. The fraction of sp³-hybridized carbons (Fsp3) is 0.0500. The summed E-state index contributed by atoms with van der Waals surface area (Å²) in [5, 5.41) is 18.7. The Hall–Kier alpha value is -4.17. The second-order valence-electron chi connectivity index (χ2n) is 5.76. The van der Waals surface area contributed by atoms with E-state index in [1.807, 2.05) is 6.07 Å². The van der Waals surface area contributed by atoms with Gasteiger partial charge in [-0.3, -0.25) is 4.79 Å². The number of nitriles is 2. The third-order valence-electron chi connectivity index (χ3n) is 3.99. The maximum absolute atomic E-state index is 13.7. The first-order valence-electron chi connectivity index (χ1n) is 7.98. The summed E-state index contributed by atoms with van der Waals surface area (Å²) in [6, 6.07) is 13.7. The Kier molecular flexibility index (Phi) is 5.05. The van der Waals surface area contributed by atoms with Crippen LogP contribution in [0.15, 0.2) is 47.3 Å². The highest BCUT2D eigenvalue weighted by Crippen LogP contribution is 2.29. The van der Waals surface area contributed by atoms with E-state index in [0.717, 1.165) is 6.07 Å². The van der Waals surface area contributed by atoms with Gasteiger partial charge in [-0.25, -0.2) is 4.39 Å². The number of hydrogen-bond acceptors (Lipinski definition) is 5. The molecule has 0 unspecified atom stereocenters. The topological polar surface area (TPSA) is 116 Å². The number of nitrogen functional groups attached to an aromatic ring is 1. The summed E-state index contributed by atoms with van der Waals surface area (Å²) in [6.07, 6.45) is 0. The number of ether oxygens (including phenoxy) is 1. The van der Waals surface area contributed by atoms with Gasteiger partial charge in [0.25, 0.3) is 5.56 Å².